The number of rotatable bonds is 5. The number of hydrogen-bond acceptors (Lipinski definition) is 8. The molecule has 0 bridgehead atoms. The molecule has 0 radical (unpaired) electrons. The minimum atomic E-state index is -0.507. The molecule has 0 atom stereocenters. The van der Waals surface area contributed by atoms with Gasteiger partial charge in [0, 0.05) is 43.3 Å². The van der Waals surface area contributed by atoms with Crippen molar-refractivity contribution in [1.29, 1.82) is 0 Å². The number of piperidine rings is 1. The molecule has 0 aliphatic carbocycles. The van der Waals surface area contributed by atoms with Crippen molar-refractivity contribution >= 4 is 36.2 Å². The van der Waals surface area contributed by atoms with Crippen LogP contribution in [0.3, 0.4) is 0 Å². The molecule has 2 N–H and O–H groups in total. The maximum absolute atomic E-state index is 11.6. The minimum absolute atomic E-state index is 0.253. The summed E-state index contributed by atoms with van der Waals surface area (Å²) in [6.07, 6.45) is 1.18. The number of nitrogens with one attached hydrogen (secondary N) is 1. The summed E-state index contributed by atoms with van der Waals surface area (Å²) >= 11 is 3.54. The van der Waals surface area contributed by atoms with Crippen molar-refractivity contribution in [2.24, 2.45) is 0 Å². The maximum atomic E-state index is 11.6. The van der Waals surface area contributed by atoms with Gasteiger partial charge in [-0.3, -0.25) is 0 Å². The molecule has 1 aliphatic rings. The molecule has 8 heteroatoms. The van der Waals surface area contributed by atoms with Crippen molar-refractivity contribution in [2.45, 2.75) is 18.9 Å². The zero-order valence-electron chi connectivity index (χ0n) is 16.2. The summed E-state index contributed by atoms with van der Waals surface area (Å²) in [6.45, 7) is 1.48. The highest BCUT2D eigenvalue weighted by molar-refractivity contribution is 7.75. The highest BCUT2D eigenvalue weighted by Gasteiger charge is 2.20. The Balaban J connectivity index is 1.64. The molecule has 2 aromatic carbocycles. The molecule has 0 unspecified atom stereocenters. The number of thiol groups is 1. The highest BCUT2D eigenvalue weighted by Crippen LogP contribution is 2.26. The Morgan fingerprint density at radius 1 is 1.07 bits per heavy atom. The van der Waals surface area contributed by atoms with E-state index in [0.717, 1.165) is 43.0 Å². The van der Waals surface area contributed by atoms with E-state index in [0.29, 0.717) is 17.2 Å². The normalized spacial score (nSPS) is 14.4. The number of carbonyl (C=O) groups excluding carboxylic acids is 1. The van der Waals surface area contributed by atoms with E-state index in [9.17, 15) is 9.90 Å². The Bertz CT molecular complexity index is 1010. The number of anilines is 3. The molecule has 1 fully saturated rings. The van der Waals surface area contributed by atoms with Gasteiger partial charge in [-0.2, -0.15) is 0 Å². The van der Waals surface area contributed by atoms with Crippen molar-refractivity contribution in [1.82, 2.24) is 9.97 Å². The van der Waals surface area contributed by atoms with Crippen molar-refractivity contribution in [3.05, 3.63) is 66.2 Å². The number of nitrogens with zero attached hydrogens (tertiary/aromatic N) is 3. The first kappa shape index (κ1) is 20.2. The van der Waals surface area contributed by atoms with Crippen LogP contribution in [0.25, 0.3) is 11.4 Å². The lowest BCUT2D eigenvalue weighted by Gasteiger charge is -2.30. The first-order valence-corrected chi connectivity index (χ1v) is 10.1. The molecule has 3 aromatic rings. The second-order valence-electron chi connectivity index (χ2n) is 7.10. The van der Waals surface area contributed by atoms with Gasteiger partial charge in [-0.1, -0.05) is 30.3 Å². The Morgan fingerprint density at radius 3 is 2.43 bits per heavy atom. The van der Waals surface area contributed by atoms with E-state index in [2.05, 4.69) is 32.3 Å². The first-order valence-electron chi connectivity index (χ1n) is 9.73. The van der Waals surface area contributed by atoms with Gasteiger partial charge in [0.05, 0.1) is 11.7 Å². The van der Waals surface area contributed by atoms with Gasteiger partial charge in [0.1, 0.15) is 11.6 Å². The second-order valence-corrected chi connectivity index (χ2v) is 7.28. The fraction of sp³-hybridized carbons (Fsp3) is 0.227. The van der Waals surface area contributed by atoms with Crippen molar-refractivity contribution in [3.63, 3.8) is 0 Å². The third kappa shape index (κ3) is 4.72. The average molecular weight is 423 g/mol. The van der Waals surface area contributed by atoms with E-state index >= 15 is 0 Å². The quantitative estimate of drug-likeness (QED) is 0.425. The standard InChI is InChI=1S/C22H22N4O3S/c27-18-10-12-26(13-11-18)20-14-19(24-21(25-20)15-4-2-1-3-5-15)23-17-8-6-16(7-9-17)22(28)29-30/h1-9,14,18,27,30H,10-13H2,(H,23,24,25). The summed E-state index contributed by atoms with van der Waals surface area (Å²) in [5.41, 5.74) is 2.12. The maximum Gasteiger partial charge on any atom is 0.349 e. The second kappa shape index (κ2) is 9.15. The molecular weight excluding hydrogens is 400 g/mol. The average Bonchev–Trinajstić information content (AvgIpc) is 2.80. The molecule has 30 heavy (non-hydrogen) atoms. The van der Waals surface area contributed by atoms with Gasteiger partial charge in [-0.05, 0) is 37.1 Å². The number of carbonyl (C=O) groups is 1. The van der Waals surface area contributed by atoms with Crippen LogP contribution in [-0.2, 0) is 4.18 Å². The number of hydrogen-bond donors (Lipinski definition) is 3. The number of benzene rings is 2. The molecule has 0 saturated carbocycles. The molecule has 0 spiro atoms. The van der Waals surface area contributed by atoms with Crippen molar-refractivity contribution < 1.29 is 14.1 Å². The third-order valence-electron chi connectivity index (χ3n) is 5.01. The zero-order valence-corrected chi connectivity index (χ0v) is 17.1. The summed E-state index contributed by atoms with van der Waals surface area (Å²) in [4.78, 5) is 23.2. The Labute approximate surface area is 180 Å². The van der Waals surface area contributed by atoms with Gasteiger partial charge in [0.2, 0.25) is 0 Å². The molecule has 4 rings (SSSR count). The zero-order chi connectivity index (χ0) is 20.9. The summed E-state index contributed by atoms with van der Waals surface area (Å²) in [6, 6.07) is 18.6. The van der Waals surface area contributed by atoms with E-state index < -0.39 is 5.97 Å². The van der Waals surface area contributed by atoms with Crippen LogP contribution >= 0.6 is 12.9 Å². The van der Waals surface area contributed by atoms with Crippen molar-refractivity contribution in [3.8, 4) is 11.4 Å². The van der Waals surface area contributed by atoms with Crippen molar-refractivity contribution in [2.75, 3.05) is 23.3 Å². The van der Waals surface area contributed by atoms with Crippen LogP contribution in [0.4, 0.5) is 17.3 Å². The lowest BCUT2D eigenvalue weighted by Crippen LogP contribution is -2.36. The summed E-state index contributed by atoms with van der Waals surface area (Å²) in [5, 5.41) is 13.1. The molecule has 0 amide bonds. The van der Waals surface area contributed by atoms with Crippen LogP contribution in [0, 0.1) is 0 Å². The Kier molecular flexibility index (Phi) is 6.15. The minimum Gasteiger partial charge on any atom is -0.393 e. The van der Waals surface area contributed by atoms with Gasteiger partial charge >= 0.3 is 5.97 Å². The smallest absolute Gasteiger partial charge is 0.349 e. The molecule has 1 aromatic heterocycles. The lowest BCUT2D eigenvalue weighted by atomic mass is 10.1. The molecule has 7 nitrogen and oxygen atoms in total. The third-order valence-corrected chi connectivity index (χ3v) is 5.17. The van der Waals surface area contributed by atoms with E-state index in [1.165, 1.54) is 0 Å². The molecule has 1 aliphatic heterocycles. The topological polar surface area (TPSA) is 87.6 Å². The Hall–Kier alpha value is -3.10. The predicted octanol–water partition coefficient (Wildman–Crippen LogP) is 3.85. The van der Waals surface area contributed by atoms with E-state index in [1.54, 1.807) is 24.3 Å². The van der Waals surface area contributed by atoms with Gasteiger partial charge < -0.3 is 19.5 Å². The van der Waals surface area contributed by atoms with Gasteiger partial charge in [-0.25, -0.2) is 14.8 Å². The number of aliphatic hydroxyl groups is 1. The number of aliphatic hydroxyl groups excluding tert-OH is 1. The van der Waals surface area contributed by atoms with Crippen LogP contribution in [0.5, 0.6) is 0 Å². The molecular formula is C22H22N4O3S. The highest BCUT2D eigenvalue weighted by atomic mass is 32.1. The van der Waals surface area contributed by atoms with Crippen LogP contribution in [0.2, 0.25) is 0 Å². The lowest BCUT2D eigenvalue weighted by molar-refractivity contribution is 0.0772. The van der Waals surface area contributed by atoms with Crippen LogP contribution in [-0.4, -0.2) is 40.2 Å². The van der Waals surface area contributed by atoms with Crippen LogP contribution in [0.1, 0.15) is 23.2 Å². The van der Waals surface area contributed by atoms with Gasteiger partial charge in [0.15, 0.2) is 5.82 Å². The monoisotopic (exact) mass is 422 g/mol. The van der Waals surface area contributed by atoms with Crippen LogP contribution in [0.15, 0.2) is 60.7 Å². The van der Waals surface area contributed by atoms with E-state index in [-0.39, 0.29) is 6.10 Å². The fourth-order valence-electron chi connectivity index (χ4n) is 3.36. The summed E-state index contributed by atoms with van der Waals surface area (Å²) in [7, 11) is 0. The summed E-state index contributed by atoms with van der Waals surface area (Å²) < 4.78 is 4.44. The molecule has 154 valence electrons. The molecule has 1 saturated heterocycles. The largest absolute Gasteiger partial charge is 0.393 e. The molecule has 2 heterocycles. The van der Waals surface area contributed by atoms with Gasteiger partial charge in [0.25, 0.3) is 0 Å². The first-order chi connectivity index (χ1) is 14.6. The SMILES string of the molecule is O=C(OS)c1ccc(Nc2cc(N3CCC(O)CC3)nc(-c3ccccc3)n2)cc1. The summed E-state index contributed by atoms with van der Waals surface area (Å²) in [5.74, 6) is 1.58. The fourth-order valence-corrected chi connectivity index (χ4v) is 3.47. The van der Waals surface area contributed by atoms with Crippen LogP contribution < -0.4 is 10.2 Å². The Morgan fingerprint density at radius 2 is 1.77 bits per heavy atom. The number of aromatic nitrogens is 2. The van der Waals surface area contributed by atoms with E-state index in [1.807, 2.05) is 36.4 Å². The predicted molar refractivity (Wildman–Crippen MR) is 119 cm³/mol. The van der Waals surface area contributed by atoms with Gasteiger partial charge in [-0.15, -0.1) is 0 Å². The van der Waals surface area contributed by atoms with E-state index in [4.69, 9.17) is 4.98 Å².